The topological polar surface area (TPSA) is 58.6 Å². The van der Waals surface area contributed by atoms with Gasteiger partial charge in [-0.1, -0.05) is 50.4 Å². The van der Waals surface area contributed by atoms with E-state index < -0.39 is 5.54 Å². The third-order valence-corrected chi connectivity index (χ3v) is 4.32. The van der Waals surface area contributed by atoms with Crippen LogP contribution < -0.4 is 10.1 Å². The monoisotopic (exact) mass is 338 g/mol. The van der Waals surface area contributed by atoms with Crippen LogP contribution in [0.25, 0.3) is 0 Å². The smallest absolute Gasteiger partial charge is 0.325 e. The summed E-state index contributed by atoms with van der Waals surface area (Å²) in [4.78, 5) is 26.1. The molecule has 23 heavy (non-hydrogen) atoms. The maximum atomic E-state index is 12.7. The van der Waals surface area contributed by atoms with Crippen molar-refractivity contribution in [1.29, 1.82) is 0 Å². The summed E-state index contributed by atoms with van der Waals surface area (Å²) >= 11 is 6.02. The highest BCUT2D eigenvalue weighted by molar-refractivity contribution is 6.32. The molecule has 1 saturated heterocycles. The second-order valence-electron chi connectivity index (χ2n) is 5.75. The van der Waals surface area contributed by atoms with Gasteiger partial charge in [-0.2, -0.15) is 0 Å². The molecular weight excluding hydrogens is 316 g/mol. The van der Waals surface area contributed by atoms with Crippen molar-refractivity contribution in [2.45, 2.75) is 45.1 Å². The minimum Gasteiger partial charge on any atom is -0.490 e. The number of hydrogen-bond acceptors (Lipinski definition) is 3. The Kier molecular flexibility index (Phi) is 5.88. The number of benzene rings is 1. The van der Waals surface area contributed by atoms with Crippen molar-refractivity contribution in [1.82, 2.24) is 10.2 Å². The highest BCUT2D eigenvalue weighted by Gasteiger charge is 2.49. The van der Waals surface area contributed by atoms with Gasteiger partial charge in [0, 0.05) is 0 Å². The standard InChI is InChI=1S/C17H23ClN2O3/c1-3-9-17(10-4-2)15(21)20(16(22)19-17)11-12-23-14-8-6-5-7-13(14)18/h5-8H,3-4,9-12H2,1-2H3,(H,19,22). The van der Waals surface area contributed by atoms with Gasteiger partial charge in [-0.15, -0.1) is 0 Å². The largest absolute Gasteiger partial charge is 0.490 e. The van der Waals surface area contributed by atoms with Gasteiger partial charge in [-0.05, 0) is 25.0 Å². The van der Waals surface area contributed by atoms with E-state index in [0.29, 0.717) is 23.6 Å². The summed E-state index contributed by atoms with van der Waals surface area (Å²) in [7, 11) is 0. The zero-order chi connectivity index (χ0) is 16.9. The van der Waals surface area contributed by atoms with Crippen LogP contribution in [0.2, 0.25) is 5.02 Å². The Morgan fingerprint density at radius 3 is 2.43 bits per heavy atom. The molecule has 1 aliphatic heterocycles. The van der Waals surface area contributed by atoms with Gasteiger partial charge in [0.05, 0.1) is 11.6 Å². The number of urea groups is 1. The molecule has 0 radical (unpaired) electrons. The van der Waals surface area contributed by atoms with Gasteiger partial charge in [0.15, 0.2) is 0 Å². The molecule has 0 atom stereocenters. The molecule has 0 saturated carbocycles. The normalized spacial score (nSPS) is 16.6. The van der Waals surface area contributed by atoms with Crippen molar-refractivity contribution in [2.24, 2.45) is 0 Å². The van der Waals surface area contributed by atoms with E-state index in [1.54, 1.807) is 12.1 Å². The van der Waals surface area contributed by atoms with Crippen molar-refractivity contribution in [2.75, 3.05) is 13.2 Å². The molecular formula is C17H23ClN2O3. The average Bonchev–Trinajstić information content (AvgIpc) is 2.74. The molecule has 1 fully saturated rings. The molecule has 126 valence electrons. The number of halogens is 1. The van der Waals surface area contributed by atoms with Crippen LogP contribution >= 0.6 is 11.6 Å². The quantitative estimate of drug-likeness (QED) is 0.737. The molecule has 3 amide bonds. The van der Waals surface area contributed by atoms with Crippen molar-refractivity contribution < 1.29 is 14.3 Å². The number of amides is 3. The summed E-state index contributed by atoms with van der Waals surface area (Å²) in [5.74, 6) is 0.406. The van der Waals surface area contributed by atoms with Crippen LogP contribution in [0.15, 0.2) is 24.3 Å². The first kappa shape index (κ1) is 17.6. The van der Waals surface area contributed by atoms with Gasteiger partial charge in [0.1, 0.15) is 17.9 Å². The zero-order valence-electron chi connectivity index (χ0n) is 13.6. The number of ether oxygens (including phenoxy) is 1. The first-order valence-corrected chi connectivity index (χ1v) is 8.43. The van der Waals surface area contributed by atoms with Crippen molar-refractivity contribution in [3.8, 4) is 5.75 Å². The summed E-state index contributed by atoms with van der Waals surface area (Å²) < 4.78 is 5.58. The predicted octanol–water partition coefficient (Wildman–Crippen LogP) is 3.61. The van der Waals surface area contributed by atoms with E-state index >= 15 is 0 Å². The Bertz CT molecular complexity index is 571. The van der Waals surface area contributed by atoms with Crippen molar-refractivity contribution in [3.05, 3.63) is 29.3 Å². The number of carbonyl (C=O) groups excluding carboxylic acids is 2. The molecule has 0 unspecified atom stereocenters. The van der Waals surface area contributed by atoms with Crippen LogP contribution in [0.1, 0.15) is 39.5 Å². The van der Waals surface area contributed by atoms with Crippen molar-refractivity contribution in [3.63, 3.8) is 0 Å². The highest BCUT2D eigenvalue weighted by atomic mass is 35.5. The van der Waals surface area contributed by atoms with E-state index in [4.69, 9.17) is 16.3 Å². The first-order valence-electron chi connectivity index (χ1n) is 8.05. The molecule has 6 heteroatoms. The van der Waals surface area contributed by atoms with E-state index in [2.05, 4.69) is 5.32 Å². The molecule has 1 aromatic rings. The van der Waals surface area contributed by atoms with E-state index in [0.717, 1.165) is 12.8 Å². The Morgan fingerprint density at radius 2 is 1.83 bits per heavy atom. The number of para-hydroxylation sites is 1. The lowest BCUT2D eigenvalue weighted by atomic mass is 9.88. The van der Waals surface area contributed by atoms with Crippen LogP contribution in [-0.4, -0.2) is 35.5 Å². The highest BCUT2D eigenvalue weighted by Crippen LogP contribution is 2.28. The minimum atomic E-state index is -0.745. The van der Waals surface area contributed by atoms with E-state index in [-0.39, 0.29) is 25.1 Å². The molecule has 5 nitrogen and oxygen atoms in total. The molecule has 1 aromatic carbocycles. The van der Waals surface area contributed by atoms with Crippen LogP contribution in [-0.2, 0) is 4.79 Å². The lowest BCUT2D eigenvalue weighted by Crippen LogP contribution is -2.47. The Hall–Kier alpha value is -1.75. The summed E-state index contributed by atoms with van der Waals surface area (Å²) in [6, 6.07) is 6.80. The molecule has 0 bridgehead atoms. The average molecular weight is 339 g/mol. The van der Waals surface area contributed by atoms with Gasteiger partial charge in [0.25, 0.3) is 5.91 Å². The minimum absolute atomic E-state index is 0.144. The van der Waals surface area contributed by atoms with Gasteiger partial charge in [-0.3, -0.25) is 9.69 Å². The fourth-order valence-electron chi connectivity index (χ4n) is 3.01. The number of nitrogens with one attached hydrogen (secondary N) is 1. The first-order chi connectivity index (χ1) is 11.0. The maximum absolute atomic E-state index is 12.7. The summed E-state index contributed by atoms with van der Waals surface area (Å²) in [5, 5.41) is 3.40. The third kappa shape index (κ3) is 3.78. The summed E-state index contributed by atoms with van der Waals surface area (Å²) in [6.45, 7) is 4.46. The summed E-state index contributed by atoms with van der Waals surface area (Å²) in [6.07, 6.45) is 3.01. The number of nitrogens with zero attached hydrogens (tertiary/aromatic N) is 1. The molecule has 0 spiro atoms. The van der Waals surface area contributed by atoms with E-state index in [1.807, 2.05) is 26.0 Å². The predicted molar refractivity (Wildman–Crippen MR) is 89.7 cm³/mol. The molecule has 1 heterocycles. The fourth-order valence-corrected chi connectivity index (χ4v) is 3.20. The zero-order valence-corrected chi connectivity index (χ0v) is 14.4. The molecule has 0 aliphatic carbocycles. The van der Waals surface area contributed by atoms with Gasteiger partial charge in [0.2, 0.25) is 0 Å². The second kappa shape index (κ2) is 7.68. The van der Waals surface area contributed by atoms with Gasteiger partial charge >= 0.3 is 6.03 Å². The van der Waals surface area contributed by atoms with Crippen LogP contribution in [0.5, 0.6) is 5.75 Å². The Balaban J connectivity index is 1.99. The van der Waals surface area contributed by atoms with Gasteiger partial charge in [-0.25, -0.2) is 4.79 Å². The van der Waals surface area contributed by atoms with E-state index in [9.17, 15) is 9.59 Å². The fraction of sp³-hybridized carbons (Fsp3) is 0.529. The summed E-state index contributed by atoms with van der Waals surface area (Å²) in [5.41, 5.74) is -0.745. The van der Waals surface area contributed by atoms with Gasteiger partial charge < -0.3 is 10.1 Å². The lowest BCUT2D eigenvalue weighted by Gasteiger charge is -2.25. The number of carbonyl (C=O) groups is 2. The third-order valence-electron chi connectivity index (χ3n) is 4.01. The van der Waals surface area contributed by atoms with Crippen molar-refractivity contribution >= 4 is 23.5 Å². The number of imide groups is 1. The number of rotatable bonds is 8. The maximum Gasteiger partial charge on any atom is 0.325 e. The lowest BCUT2D eigenvalue weighted by molar-refractivity contribution is -0.132. The molecule has 0 aromatic heterocycles. The Morgan fingerprint density at radius 1 is 1.17 bits per heavy atom. The Labute approximate surface area is 141 Å². The van der Waals surface area contributed by atoms with Crippen LogP contribution in [0.4, 0.5) is 4.79 Å². The SMILES string of the molecule is CCCC1(CCC)NC(=O)N(CCOc2ccccc2Cl)C1=O. The molecule has 2 rings (SSSR count). The van der Waals surface area contributed by atoms with E-state index in [1.165, 1.54) is 4.90 Å². The molecule has 1 aliphatic rings. The molecule has 1 N–H and O–H groups in total. The second-order valence-corrected chi connectivity index (χ2v) is 6.16. The van der Waals surface area contributed by atoms with Crippen LogP contribution in [0, 0.1) is 0 Å². The van der Waals surface area contributed by atoms with Crippen LogP contribution in [0.3, 0.4) is 0 Å². The number of hydrogen-bond donors (Lipinski definition) is 1.